The molecular formula is C15H21NO3. The van der Waals surface area contributed by atoms with E-state index in [9.17, 15) is 14.7 Å². The summed E-state index contributed by atoms with van der Waals surface area (Å²) in [7, 11) is 0. The molecule has 6 atom stereocenters. The van der Waals surface area contributed by atoms with Gasteiger partial charge in [-0.1, -0.05) is 0 Å². The molecule has 3 aliphatic carbocycles. The number of nitrogens with zero attached hydrogens (tertiary/aromatic N) is 1. The van der Waals surface area contributed by atoms with Crippen LogP contribution < -0.4 is 0 Å². The highest BCUT2D eigenvalue weighted by Gasteiger charge is 2.54. The third-order valence-corrected chi connectivity index (χ3v) is 6.24. The average Bonchev–Trinajstić information content (AvgIpc) is 2.41. The highest BCUT2D eigenvalue weighted by Crippen LogP contribution is 2.55. The Morgan fingerprint density at radius 2 is 1.84 bits per heavy atom. The smallest absolute Gasteiger partial charge is 0.308 e. The molecule has 4 heteroatoms. The van der Waals surface area contributed by atoms with Crippen molar-refractivity contribution < 1.29 is 14.7 Å². The molecule has 1 amide bonds. The Balaban J connectivity index is 1.51. The van der Waals surface area contributed by atoms with Crippen LogP contribution in [0.3, 0.4) is 0 Å². The molecule has 0 aromatic rings. The molecule has 19 heavy (non-hydrogen) atoms. The van der Waals surface area contributed by atoms with E-state index < -0.39 is 5.97 Å². The highest BCUT2D eigenvalue weighted by molar-refractivity contribution is 5.82. The molecule has 0 radical (unpaired) electrons. The third-order valence-electron chi connectivity index (χ3n) is 6.24. The molecule has 2 bridgehead atoms. The van der Waals surface area contributed by atoms with E-state index in [1.807, 2.05) is 4.90 Å². The topological polar surface area (TPSA) is 57.6 Å². The summed E-state index contributed by atoms with van der Waals surface area (Å²) in [6, 6.07) is -0.0193. The SMILES string of the molecule is O=C(O)[C@@H]1C[C@H]2CC[C@@H]1N(C(=O)C1C[C@@H]3CC[C@H]13)C2. The number of carbonyl (C=O) groups excluding carboxylic acids is 1. The number of carboxylic acid groups (broad SMARTS) is 1. The summed E-state index contributed by atoms with van der Waals surface area (Å²) >= 11 is 0. The van der Waals surface area contributed by atoms with Crippen LogP contribution in [-0.2, 0) is 9.59 Å². The van der Waals surface area contributed by atoms with E-state index in [2.05, 4.69) is 0 Å². The second-order valence-corrected chi connectivity index (χ2v) is 7.03. The Morgan fingerprint density at radius 1 is 1.00 bits per heavy atom. The zero-order valence-electron chi connectivity index (χ0n) is 11.1. The van der Waals surface area contributed by atoms with Gasteiger partial charge >= 0.3 is 5.97 Å². The molecule has 2 heterocycles. The first-order valence-corrected chi connectivity index (χ1v) is 7.68. The van der Waals surface area contributed by atoms with Gasteiger partial charge in [-0.15, -0.1) is 0 Å². The van der Waals surface area contributed by atoms with E-state index in [4.69, 9.17) is 0 Å². The normalized spacial score (nSPS) is 47.1. The van der Waals surface area contributed by atoms with Crippen LogP contribution in [0.4, 0.5) is 0 Å². The van der Waals surface area contributed by atoms with Crippen LogP contribution in [0.5, 0.6) is 0 Å². The molecule has 0 aromatic carbocycles. The van der Waals surface area contributed by atoms with E-state index in [1.54, 1.807) is 0 Å². The third kappa shape index (κ3) is 1.58. The largest absolute Gasteiger partial charge is 0.481 e. The van der Waals surface area contributed by atoms with Crippen molar-refractivity contribution in [3.05, 3.63) is 0 Å². The van der Waals surface area contributed by atoms with E-state index >= 15 is 0 Å². The van der Waals surface area contributed by atoms with Crippen molar-refractivity contribution in [2.24, 2.45) is 29.6 Å². The van der Waals surface area contributed by atoms with Crippen LogP contribution in [0.2, 0.25) is 0 Å². The van der Waals surface area contributed by atoms with Gasteiger partial charge in [0.2, 0.25) is 5.91 Å². The highest BCUT2D eigenvalue weighted by atomic mass is 16.4. The van der Waals surface area contributed by atoms with Gasteiger partial charge in [-0.3, -0.25) is 9.59 Å². The number of hydrogen-bond acceptors (Lipinski definition) is 2. The summed E-state index contributed by atoms with van der Waals surface area (Å²) in [5, 5.41) is 9.34. The maximum Gasteiger partial charge on any atom is 0.308 e. The fourth-order valence-electron chi connectivity index (χ4n) is 4.93. The van der Waals surface area contributed by atoms with E-state index in [1.165, 1.54) is 12.8 Å². The second-order valence-electron chi connectivity index (χ2n) is 7.03. The monoisotopic (exact) mass is 263 g/mol. The number of aliphatic carboxylic acids is 1. The quantitative estimate of drug-likeness (QED) is 0.825. The number of fused-ring (bicyclic) bond motifs is 4. The molecule has 2 saturated heterocycles. The fourth-order valence-corrected chi connectivity index (χ4v) is 4.93. The van der Waals surface area contributed by atoms with Gasteiger partial charge in [-0.25, -0.2) is 0 Å². The van der Waals surface area contributed by atoms with Gasteiger partial charge in [-0.05, 0) is 56.3 Å². The molecule has 0 aromatic heterocycles. The fraction of sp³-hybridized carbons (Fsp3) is 0.867. The standard InChI is InChI=1S/C15H21NO3/c17-14(11-6-9-2-3-10(9)11)16-7-8-1-4-13(16)12(5-8)15(18)19/h8-13H,1-7H2,(H,18,19)/t8-,9+,10+,11?,12-,13+/m1/s1. The average molecular weight is 263 g/mol. The summed E-state index contributed by atoms with van der Waals surface area (Å²) in [5.74, 6) is 1.36. The minimum atomic E-state index is -0.706. The maximum absolute atomic E-state index is 12.7. The molecule has 1 N–H and O–H groups in total. The molecule has 104 valence electrons. The maximum atomic E-state index is 12.7. The van der Waals surface area contributed by atoms with Crippen molar-refractivity contribution in [2.45, 2.75) is 44.6 Å². The van der Waals surface area contributed by atoms with E-state index in [0.29, 0.717) is 11.8 Å². The first-order valence-electron chi connectivity index (χ1n) is 7.68. The number of carboxylic acids is 1. The summed E-state index contributed by atoms with van der Waals surface area (Å²) in [6.07, 6.45) is 6.36. The van der Waals surface area contributed by atoms with Crippen LogP contribution >= 0.6 is 0 Å². The van der Waals surface area contributed by atoms with E-state index in [0.717, 1.165) is 38.1 Å². The molecule has 5 aliphatic rings. The predicted molar refractivity (Wildman–Crippen MR) is 68.3 cm³/mol. The van der Waals surface area contributed by atoms with Gasteiger partial charge in [0.1, 0.15) is 0 Å². The lowest BCUT2D eigenvalue weighted by atomic mass is 9.52. The second kappa shape index (κ2) is 3.97. The van der Waals surface area contributed by atoms with Crippen LogP contribution in [0, 0.1) is 29.6 Å². The van der Waals surface area contributed by atoms with E-state index in [-0.39, 0.29) is 23.8 Å². The summed E-state index contributed by atoms with van der Waals surface area (Å²) < 4.78 is 0. The Labute approximate surface area is 113 Å². The van der Waals surface area contributed by atoms with Crippen LogP contribution in [0.1, 0.15) is 38.5 Å². The Kier molecular flexibility index (Phi) is 2.45. The van der Waals surface area contributed by atoms with Gasteiger partial charge in [0.05, 0.1) is 5.92 Å². The first-order chi connectivity index (χ1) is 9.15. The molecule has 4 nitrogen and oxygen atoms in total. The van der Waals surface area contributed by atoms with Crippen molar-refractivity contribution in [3.63, 3.8) is 0 Å². The van der Waals surface area contributed by atoms with Crippen molar-refractivity contribution in [1.82, 2.24) is 4.90 Å². The number of rotatable bonds is 2. The predicted octanol–water partition coefficient (Wildman–Crippen LogP) is 1.74. The van der Waals surface area contributed by atoms with Crippen molar-refractivity contribution in [1.29, 1.82) is 0 Å². The summed E-state index contributed by atoms with van der Waals surface area (Å²) in [4.78, 5) is 26.0. The lowest BCUT2D eigenvalue weighted by Gasteiger charge is -2.56. The number of piperidine rings is 2. The van der Waals surface area contributed by atoms with Crippen LogP contribution in [0.15, 0.2) is 0 Å². The minimum absolute atomic E-state index is 0.0193. The van der Waals surface area contributed by atoms with Gasteiger partial charge in [0.15, 0.2) is 0 Å². The zero-order valence-corrected chi connectivity index (χ0v) is 11.1. The van der Waals surface area contributed by atoms with Crippen molar-refractivity contribution in [2.75, 3.05) is 6.54 Å². The van der Waals surface area contributed by atoms with Crippen LogP contribution in [-0.4, -0.2) is 34.5 Å². The Hall–Kier alpha value is -1.06. The van der Waals surface area contributed by atoms with Gasteiger partial charge in [0.25, 0.3) is 0 Å². The molecule has 2 aliphatic heterocycles. The number of amides is 1. The molecule has 1 unspecified atom stereocenters. The molecule has 5 rings (SSSR count). The molecule has 0 spiro atoms. The summed E-state index contributed by atoms with van der Waals surface area (Å²) in [6.45, 7) is 0.821. The zero-order chi connectivity index (χ0) is 13.1. The summed E-state index contributed by atoms with van der Waals surface area (Å²) in [5.41, 5.74) is 0. The minimum Gasteiger partial charge on any atom is -0.481 e. The van der Waals surface area contributed by atoms with Gasteiger partial charge in [-0.2, -0.15) is 0 Å². The molecule has 5 fully saturated rings. The van der Waals surface area contributed by atoms with Crippen molar-refractivity contribution in [3.8, 4) is 0 Å². The van der Waals surface area contributed by atoms with Crippen LogP contribution in [0.25, 0.3) is 0 Å². The number of hydrogen-bond donors (Lipinski definition) is 1. The van der Waals surface area contributed by atoms with Gasteiger partial charge in [0, 0.05) is 18.5 Å². The Morgan fingerprint density at radius 3 is 2.37 bits per heavy atom. The first kappa shape index (κ1) is 11.7. The Bertz CT molecular complexity index is 435. The van der Waals surface area contributed by atoms with Crippen molar-refractivity contribution >= 4 is 11.9 Å². The molecular weight excluding hydrogens is 242 g/mol. The molecule has 3 saturated carbocycles. The number of carbonyl (C=O) groups is 2. The lowest BCUT2D eigenvalue weighted by Crippen LogP contribution is -2.61. The lowest BCUT2D eigenvalue weighted by molar-refractivity contribution is -0.166. The van der Waals surface area contributed by atoms with Gasteiger partial charge < -0.3 is 10.0 Å².